The molecule has 0 unspecified atom stereocenters. The average molecular weight is 280 g/mol. The van der Waals surface area contributed by atoms with Gasteiger partial charge in [0, 0.05) is 32.2 Å². The second-order valence-electron chi connectivity index (χ2n) is 6.67. The summed E-state index contributed by atoms with van der Waals surface area (Å²) in [4.78, 5) is 17.2. The van der Waals surface area contributed by atoms with Gasteiger partial charge in [0.15, 0.2) is 0 Å². The van der Waals surface area contributed by atoms with Gasteiger partial charge in [0.2, 0.25) is 5.91 Å². The minimum atomic E-state index is -0.545. The van der Waals surface area contributed by atoms with Crippen LogP contribution in [0, 0.1) is 0 Å². The fourth-order valence-corrected chi connectivity index (χ4v) is 4.00. The van der Waals surface area contributed by atoms with Gasteiger partial charge in [0.25, 0.3) is 0 Å². The summed E-state index contributed by atoms with van der Waals surface area (Å²) in [5.74, 6) is 0.208. The molecule has 114 valence electrons. The van der Waals surface area contributed by atoms with Gasteiger partial charge in [0.1, 0.15) is 0 Å². The van der Waals surface area contributed by atoms with Crippen LogP contribution in [0.15, 0.2) is 0 Å². The van der Waals surface area contributed by atoms with E-state index in [2.05, 4.69) is 10.2 Å². The number of hydrogen-bond donors (Lipinski definition) is 2. The Bertz CT molecular complexity index is 340. The van der Waals surface area contributed by atoms with Crippen LogP contribution in [-0.4, -0.2) is 66.6 Å². The lowest BCUT2D eigenvalue weighted by atomic mass is 9.96. The standard InChI is InChI=1S/C15H28N4O/c16-15(5-1-2-6-15)14(20)19-11-9-18(10-12-19)13-3-7-17-8-4-13/h13,17H,1-12,16H2. The fourth-order valence-electron chi connectivity index (χ4n) is 4.00. The molecule has 5 heteroatoms. The van der Waals surface area contributed by atoms with Gasteiger partial charge in [-0.2, -0.15) is 0 Å². The Labute approximate surface area is 121 Å². The van der Waals surface area contributed by atoms with Crippen LogP contribution in [-0.2, 0) is 4.79 Å². The zero-order valence-corrected chi connectivity index (χ0v) is 12.4. The Kier molecular flexibility index (Phi) is 4.29. The Balaban J connectivity index is 1.51. The second-order valence-corrected chi connectivity index (χ2v) is 6.67. The molecule has 1 saturated carbocycles. The lowest BCUT2D eigenvalue weighted by Gasteiger charge is -2.42. The van der Waals surface area contributed by atoms with Crippen LogP contribution in [0.5, 0.6) is 0 Å². The molecule has 0 aromatic carbocycles. The van der Waals surface area contributed by atoms with Gasteiger partial charge in [-0.25, -0.2) is 0 Å². The maximum atomic E-state index is 12.6. The molecule has 2 aliphatic heterocycles. The molecule has 3 N–H and O–H groups in total. The molecule has 0 spiro atoms. The molecule has 0 atom stereocenters. The summed E-state index contributed by atoms with van der Waals surface area (Å²) >= 11 is 0. The second kappa shape index (κ2) is 6.00. The first-order valence-electron chi connectivity index (χ1n) is 8.22. The van der Waals surface area contributed by atoms with Crippen LogP contribution < -0.4 is 11.1 Å². The van der Waals surface area contributed by atoms with Crippen molar-refractivity contribution in [1.29, 1.82) is 0 Å². The number of nitrogens with two attached hydrogens (primary N) is 1. The molecule has 0 bridgehead atoms. The highest BCUT2D eigenvalue weighted by molar-refractivity contribution is 5.86. The smallest absolute Gasteiger partial charge is 0.242 e. The monoisotopic (exact) mass is 280 g/mol. The molecular formula is C15H28N4O. The Morgan fingerprint density at radius 1 is 1.05 bits per heavy atom. The molecule has 1 amide bonds. The largest absolute Gasteiger partial charge is 0.339 e. The molecule has 2 heterocycles. The molecule has 2 saturated heterocycles. The van der Waals surface area contributed by atoms with Gasteiger partial charge < -0.3 is 16.0 Å². The normalized spacial score (nSPS) is 28.8. The van der Waals surface area contributed by atoms with E-state index in [1.165, 1.54) is 12.8 Å². The molecule has 0 radical (unpaired) electrons. The van der Waals surface area contributed by atoms with Crippen molar-refractivity contribution in [3.8, 4) is 0 Å². The highest BCUT2D eigenvalue weighted by atomic mass is 16.2. The van der Waals surface area contributed by atoms with E-state index in [1.807, 2.05) is 4.90 Å². The fraction of sp³-hybridized carbons (Fsp3) is 0.933. The Morgan fingerprint density at radius 3 is 2.25 bits per heavy atom. The third kappa shape index (κ3) is 2.85. The van der Waals surface area contributed by atoms with Crippen LogP contribution in [0.4, 0.5) is 0 Å². The lowest BCUT2D eigenvalue weighted by Crippen LogP contribution is -2.60. The zero-order chi connectivity index (χ0) is 14.0. The molecular weight excluding hydrogens is 252 g/mol. The SMILES string of the molecule is NC1(C(=O)N2CCN(C3CCNCC3)CC2)CCCC1. The van der Waals surface area contributed by atoms with E-state index in [-0.39, 0.29) is 5.91 Å². The van der Waals surface area contributed by atoms with E-state index >= 15 is 0 Å². The van der Waals surface area contributed by atoms with E-state index in [0.717, 1.165) is 65.0 Å². The third-order valence-corrected chi connectivity index (χ3v) is 5.35. The van der Waals surface area contributed by atoms with Gasteiger partial charge in [-0.15, -0.1) is 0 Å². The molecule has 3 rings (SSSR count). The number of nitrogens with zero attached hydrogens (tertiary/aromatic N) is 2. The van der Waals surface area contributed by atoms with E-state index in [4.69, 9.17) is 5.73 Å². The summed E-state index contributed by atoms with van der Waals surface area (Å²) in [5, 5.41) is 3.42. The number of piperazine rings is 1. The van der Waals surface area contributed by atoms with Crippen molar-refractivity contribution in [2.24, 2.45) is 5.73 Å². The van der Waals surface area contributed by atoms with Crippen LogP contribution in [0.25, 0.3) is 0 Å². The third-order valence-electron chi connectivity index (χ3n) is 5.35. The van der Waals surface area contributed by atoms with Crippen LogP contribution in [0.2, 0.25) is 0 Å². The molecule has 0 aromatic rings. The predicted molar refractivity (Wildman–Crippen MR) is 79.4 cm³/mol. The van der Waals surface area contributed by atoms with Gasteiger partial charge in [-0.3, -0.25) is 9.69 Å². The quantitative estimate of drug-likeness (QED) is 0.756. The lowest BCUT2D eigenvalue weighted by molar-refractivity contribution is -0.139. The minimum absolute atomic E-state index is 0.208. The first kappa shape index (κ1) is 14.3. The van der Waals surface area contributed by atoms with E-state index < -0.39 is 5.54 Å². The number of carbonyl (C=O) groups is 1. The predicted octanol–water partition coefficient (Wildman–Crippen LogP) is 0.154. The number of carbonyl (C=O) groups excluding carboxylic acids is 1. The van der Waals surface area contributed by atoms with Gasteiger partial charge in [-0.05, 0) is 38.8 Å². The van der Waals surface area contributed by atoms with Crippen molar-refractivity contribution in [1.82, 2.24) is 15.1 Å². The molecule has 1 aliphatic carbocycles. The van der Waals surface area contributed by atoms with Crippen LogP contribution >= 0.6 is 0 Å². The number of piperidine rings is 1. The van der Waals surface area contributed by atoms with Crippen molar-refractivity contribution >= 4 is 5.91 Å². The van der Waals surface area contributed by atoms with E-state index in [9.17, 15) is 4.79 Å². The highest BCUT2D eigenvalue weighted by Gasteiger charge is 2.40. The van der Waals surface area contributed by atoms with E-state index in [0.29, 0.717) is 6.04 Å². The summed E-state index contributed by atoms with van der Waals surface area (Å²) in [6.45, 7) is 6.04. The van der Waals surface area contributed by atoms with Crippen molar-refractivity contribution in [3.63, 3.8) is 0 Å². The van der Waals surface area contributed by atoms with Crippen LogP contribution in [0.1, 0.15) is 38.5 Å². The van der Waals surface area contributed by atoms with Crippen molar-refractivity contribution in [2.45, 2.75) is 50.1 Å². The molecule has 0 aromatic heterocycles. The van der Waals surface area contributed by atoms with Crippen molar-refractivity contribution < 1.29 is 4.79 Å². The number of nitrogens with one attached hydrogen (secondary N) is 1. The maximum Gasteiger partial charge on any atom is 0.242 e. The van der Waals surface area contributed by atoms with Gasteiger partial charge in [-0.1, -0.05) is 12.8 Å². The zero-order valence-electron chi connectivity index (χ0n) is 12.4. The van der Waals surface area contributed by atoms with E-state index in [1.54, 1.807) is 0 Å². The number of amides is 1. The Morgan fingerprint density at radius 2 is 1.65 bits per heavy atom. The minimum Gasteiger partial charge on any atom is -0.339 e. The summed E-state index contributed by atoms with van der Waals surface area (Å²) in [6.07, 6.45) is 6.46. The number of rotatable bonds is 2. The summed E-state index contributed by atoms with van der Waals surface area (Å²) in [7, 11) is 0. The van der Waals surface area contributed by atoms with Gasteiger partial charge >= 0.3 is 0 Å². The topological polar surface area (TPSA) is 61.6 Å². The van der Waals surface area contributed by atoms with Gasteiger partial charge in [0.05, 0.1) is 5.54 Å². The highest BCUT2D eigenvalue weighted by Crippen LogP contribution is 2.29. The maximum absolute atomic E-state index is 12.6. The number of hydrogen-bond acceptors (Lipinski definition) is 4. The van der Waals surface area contributed by atoms with Crippen molar-refractivity contribution in [3.05, 3.63) is 0 Å². The summed E-state index contributed by atoms with van der Waals surface area (Å²) < 4.78 is 0. The first-order chi connectivity index (χ1) is 9.69. The summed E-state index contributed by atoms with van der Waals surface area (Å²) in [6, 6.07) is 0.715. The Hall–Kier alpha value is -0.650. The average Bonchev–Trinajstić information content (AvgIpc) is 2.96. The van der Waals surface area contributed by atoms with Crippen LogP contribution in [0.3, 0.4) is 0 Å². The molecule has 3 fully saturated rings. The first-order valence-corrected chi connectivity index (χ1v) is 8.22. The molecule has 5 nitrogen and oxygen atoms in total. The van der Waals surface area contributed by atoms with Crippen molar-refractivity contribution in [2.75, 3.05) is 39.3 Å². The molecule has 3 aliphatic rings. The molecule has 20 heavy (non-hydrogen) atoms. The summed E-state index contributed by atoms with van der Waals surface area (Å²) in [5.41, 5.74) is 5.75.